The Balaban J connectivity index is 2.19. The molecular formula is C16H24N2O4S. The van der Waals surface area contributed by atoms with Crippen LogP contribution >= 0.6 is 0 Å². The summed E-state index contributed by atoms with van der Waals surface area (Å²) in [4.78, 5) is 16.8. The van der Waals surface area contributed by atoms with Crippen molar-refractivity contribution in [3.8, 4) is 0 Å². The number of rotatable bonds is 4. The van der Waals surface area contributed by atoms with Crippen LogP contribution in [0.25, 0.3) is 0 Å². The number of aryl methyl sites for hydroxylation is 3. The Labute approximate surface area is 137 Å². The third kappa shape index (κ3) is 3.73. The number of benzene rings is 1. The molecule has 1 N–H and O–H groups in total. The summed E-state index contributed by atoms with van der Waals surface area (Å²) in [6, 6.07) is 3.78. The van der Waals surface area contributed by atoms with Crippen molar-refractivity contribution in [3.63, 3.8) is 0 Å². The summed E-state index contributed by atoms with van der Waals surface area (Å²) in [7, 11) is -2.14. The van der Waals surface area contributed by atoms with Gasteiger partial charge in [-0.1, -0.05) is 17.7 Å². The fourth-order valence-corrected chi connectivity index (χ4v) is 5.13. The van der Waals surface area contributed by atoms with Gasteiger partial charge in [0.25, 0.3) is 0 Å². The average molecular weight is 340 g/mol. The lowest BCUT2D eigenvalue weighted by Crippen LogP contribution is -2.43. The molecule has 0 radical (unpaired) electrons. The molecule has 128 valence electrons. The molecule has 0 unspecified atom stereocenters. The van der Waals surface area contributed by atoms with Gasteiger partial charge in [-0.15, -0.1) is 0 Å². The molecule has 1 fully saturated rings. The fourth-order valence-electron chi connectivity index (χ4n) is 3.25. The molecule has 0 aliphatic carbocycles. The monoisotopic (exact) mass is 340 g/mol. The van der Waals surface area contributed by atoms with Gasteiger partial charge in [-0.2, -0.15) is 4.31 Å². The number of hydrogen-bond donors (Lipinski definition) is 1. The smallest absolute Gasteiger partial charge is 0.246 e. The van der Waals surface area contributed by atoms with Crippen LogP contribution in [0.4, 0.5) is 0 Å². The summed E-state index contributed by atoms with van der Waals surface area (Å²) in [5.41, 5.74) is 4.90. The Bertz CT molecular complexity index is 669. The highest BCUT2D eigenvalue weighted by Gasteiger charge is 2.33. The van der Waals surface area contributed by atoms with Gasteiger partial charge in [-0.05, 0) is 44.7 Å². The Morgan fingerprint density at radius 3 is 2.17 bits per heavy atom. The number of piperidine rings is 1. The second-order valence-corrected chi connectivity index (χ2v) is 7.95. The van der Waals surface area contributed by atoms with E-state index in [2.05, 4.69) is 10.3 Å². The van der Waals surface area contributed by atoms with E-state index < -0.39 is 10.0 Å². The number of nitrogens with one attached hydrogen (secondary N) is 1. The molecule has 1 aromatic carbocycles. The normalized spacial score (nSPS) is 17.2. The van der Waals surface area contributed by atoms with Gasteiger partial charge in [0, 0.05) is 19.0 Å². The van der Waals surface area contributed by atoms with E-state index in [1.54, 1.807) is 0 Å². The zero-order chi connectivity index (χ0) is 17.2. The van der Waals surface area contributed by atoms with Crippen molar-refractivity contribution in [2.45, 2.75) is 38.5 Å². The highest BCUT2D eigenvalue weighted by atomic mass is 32.2. The van der Waals surface area contributed by atoms with E-state index in [0.717, 1.165) is 16.7 Å². The molecule has 1 aromatic rings. The van der Waals surface area contributed by atoms with Crippen LogP contribution in [0.3, 0.4) is 0 Å². The number of carbonyl (C=O) groups excluding carboxylic acids is 1. The highest BCUT2D eigenvalue weighted by molar-refractivity contribution is 7.89. The lowest BCUT2D eigenvalue weighted by atomic mass is 9.98. The van der Waals surface area contributed by atoms with Gasteiger partial charge in [0.05, 0.1) is 12.0 Å². The SMILES string of the molecule is CONC(=O)C1CCN(S(=O)(=O)c2c(C)cc(C)cc2C)CC1. The molecule has 1 heterocycles. The predicted molar refractivity (Wildman–Crippen MR) is 87.3 cm³/mol. The van der Waals surface area contributed by atoms with Crippen molar-refractivity contribution in [1.82, 2.24) is 9.79 Å². The third-order valence-electron chi connectivity index (χ3n) is 4.23. The van der Waals surface area contributed by atoms with Gasteiger partial charge in [0.15, 0.2) is 0 Å². The minimum absolute atomic E-state index is 0.188. The van der Waals surface area contributed by atoms with E-state index in [1.165, 1.54) is 11.4 Å². The first kappa shape index (κ1) is 17.9. The van der Waals surface area contributed by atoms with Gasteiger partial charge in [-0.3, -0.25) is 9.63 Å². The molecular weight excluding hydrogens is 316 g/mol. The zero-order valence-corrected chi connectivity index (χ0v) is 14.9. The Kier molecular flexibility index (Phi) is 5.44. The van der Waals surface area contributed by atoms with E-state index >= 15 is 0 Å². The van der Waals surface area contributed by atoms with Crippen molar-refractivity contribution < 1.29 is 18.0 Å². The molecule has 1 saturated heterocycles. The van der Waals surface area contributed by atoms with Crippen molar-refractivity contribution in [1.29, 1.82) is 0 Å². The maximum Gasteiger partial charge on any atom is 0.246 e. The predicted octanol–water partition coefficient (Wildman–Crippen LogP) is 1.69. The fraction of sp³-hybridized carbons (Fsp3) is 0.562. The molecule has 0 saturated carbocycles. The maximum absolute atomic E-state index is 12.9. The summed E-state index contributed by atoms with van der Waals surface area (Å²) in [5, 5.41) is 0. The van der Waals surface area contributed by atoms with Gasteiger partial charge >= 0.3 is 0 Å². The lowest BCUT2D eigenvalue weighted by molar-refractivity contribution is -0.136. The first-order valence-corrected chi connectivity index (χ1v) is 9.12. The Morgan fingerprint density at radius 2 is 1.70 bits per heavy atom. The number of amides is 1. The van der Waals surface area contributed by atoms with Gasteiger partial charge < -0.3 is 0 Å². The van der Waals surface area contributed by atoms with E-state index in [0.29, 0.717) is 30.8 Å². The molecule has 0 spiro atoms. The minimum atomic E-state index is -3.53. The van der Waals surface area contributed by atoms with Crippen LogP contribution in [-0.4, -0.2) is 38.8 Å². The summed E-state index contributed by atoms with van der Waals surface area (Å²) in [6.07, 6.45) is 0.997. The molecule has 6 nitrogen and oxygen atoms in total. The van der Waals surface area contributed by atoms with Crippen molar-refractivity contribution in [2.75, 3.05) is 20.2 Å². The number of hydrogen-bond acceptors (Lipinski definition) is 4. The standard InChI is InChI=1S/C16H24N2O4S/c1-11-9-12(2)15(13(3)10-11)23(20,21)18-7-5-14(6-8-18)16(19)17-22-4/h9-10,14H,5-8H2,1-4H3,(H,17,19). The van der Waals surface area contributed by atoms with E-state index in [-0.39, 0.29) is 11.8 Å². The lowest BCUT2D eigenvalue weighted by Gasteiger charge is -2.31. The van der Waals surface area contributed by atoms with Crippen LogP contribution in [0.1, 0.15) is 29.5 Å². The number of sulfonamides is 1. The quantitative estimate of drug-likeness (QED) is 0.846. The molecule has 7 heteroatoms. The van der Waals surface area contributed by atoms with Crippen LogP contribution < -0.4 is 5.48 Å². The molecule has 0 aromatic heterocycles. The molecule has 1 aliphatic heterocycles. The molecule has 2 rings (SSSR count). The number of nitrogens with zero attached hydrogens (tertiary/aromatic N) is 1. The molecule has 0 atom stereocenters. The van der Waals surface area contributed by atoms with Crippen molar-refractivity contribution in [3.05, 3.63) is 28.8 Å². The van der Waals surface area contributed by atoms with Crippen LogP contribution in [0.5, 0.6) is 0 Å². The zero-order valence-electron chi connectivity index (χ0n) is 14.0. The van der Waals surface area contributed by atoms with E-state index in [4.69, 9.17) is 0 Å². The number of hydroxylamine groups is 1. The van der Waals surface area contributed by atoms with Crippen LogP contribution in [0.2, 0.25) is 0 Å². The average Bonchev–Trinajstić information content (AvgIpc) is 2.46. The van der Waals surface area contributed by atoms with Crippen molar-refractivity contribution >= 4 is 15.9 Å². The van der Waals surface area contributed by atoms with Crippen LogP contribution in [-0.2, 0) is 19.7 Å². The second kappa shape index (κ2) is 6.98. The Morgan fingerprint density at radius 1 is 1.17 bits per heavy atom. The molecule has 1 amide bonds. The first-order valence-electron chi connectivity index (χ1n) is 7.68. The van der Waals surface area contributed by atoms with E-state index in [9.17, 15) is 13.2 Å². The highest BCUT2D eigenvalue weighted by Crippen LogP contribution is 2.28. The van der Waals surface area contributed by atoms with Crippen LogP contribution in [0.15, 0.2) is 17.0 Å². The molecule has 23 heavy (non-hydrogen) atoms. The maximum atomic E-state index is 12.9. The van der Waals surface area contributed by atoms with Gasteiger partial charge in [-0.25, -0.2) is 13.9 Å². The largest absolute Gasteiger partial charge is 0.277 e. The second-order valence-electron chi connectivity index (χ2n) is 6.08. The summed E-state index contributed by atoms with van der Waals surface area (Å²) in [5.74, 6) is -0.395. The van der Waals surface area contributed by atoms with Crippen LogP contribution in [0, 0.1) is 26.7 Å². The molecule has 1 aliphatic rings. The first-order chi connectivity index (χ1) is 10.8. The Hall–Kier alpha value is -1.44. The molecule has 0 bridgehead atoms. The third-order valence-corrected chi connectivity index (χ3v) is 6.43. The topological polar surface area (TPSA) is 75.7 Å². The summed E-state index contributed by atoms with van der Waals surface area (Å²) in [6.45, 7) is 6.29. The van der Waals surface area contributed by atoms with Crippen molar-refractivity contribution in [2.24, 2.45) is 5.92 Å². The number of carbonyl (C=O) groups is 1. The summed E-state index contributed by atoms with van der Waals surface area (Å²) < 4.78 is 27.4. The summed E-state index contributed by atoms with van der Waals surface area (Å²) >= 11 is 0. The van der Waals surface area contributed by atoms with E-state index in [1.807, 2.05) is 32.9 Å². The van der Waals surface area contributed by atoms with Gasteiger partial charge in [0.1, 0.15) is 0 Å². The van der Waals surface area contributed by atoms with Gasteiger partial charge in [0.2, 0.25) is 15.9 Å². The minimum Gasteiger partial charge on any atom is -0.277 e.